The number of halogens is 6. The average molecular weight is 554 g/mol. The summed E-state index contributed by atoms with van der Waals surface area (Å²) < 4.78 is 45.9. The SMILES string of the molecule is O=C(Nc1nn(Cc2c(F)cccc2Cl)cc1Br)c1cc(Br)ccc1OC(F)F. The van der Waals surface area contributed by atoms with Crippen LogP contribution in [0.15, 0.2) is 51.5 Å². The second kappa shape index (κ2) is 9.19. The number of amides is 1. The lowest BCUT2D eigenvalue weighted by Gasteiger charge is -2.11. The Morgan fingerprint density at radius 1 is 1.28 bits per heavy atom. The van der Waals surface area contributed by atoms with E-state index in [1.807, 2.05) is 0 Å². The number of ether oxygens (including phenoxy) is 1. The lowest BCUT2D eigenvalue weighted by Crippen LogP contribution is -2.16. The van der Waals surface area contributed by atoms with Crippen molar-refractivity contribution in [3.05, 3.63) is 73.5 Å². The van der Waals surface area contributed by atoms with Gasteiger partial charge in [0.15, 0.2) is 5.82 Å². The van der Waals surface area contributed by atoms with E-state index in [-0.39, 0.29) is 34.3 Å². The number of benzene rings is 2. The molecule has 0 unspecified atom stereocenters. The summed E-state index contributed by atoms with van der Waals surface area (Å²) >= 11 is 12.5. The van der Waals surface area contributed by atoms with Crippen LogP contribution in [0.5, 0.6) is 5.75 Å². The second-order valence-corrected chi connectivity index (χ2v) is 7.87. The van der Waals surface area contributed by atoms with Gasteiger partial charge in [-0.1, -0.05) is 33.6 Å². The maximum absolute atomic E-state index is 14.0. The number of hydrogen-bond donors (Lipinski definition) is 1. The van der Waals surface area contributed by atoms with Crippen molar-refractivity contribution in [1.82, 2.24) is 9.78 Å². The van der Waals surface area contributed by atoms with Crippen LogP contribution in [-0.2, 0) is 6.54 Å². The largest absolute Gasteiger partial charge is 0.434 e. The fourth-order valence-corrected chi connectivity index (χ4v) is 3.46. The third kappa shape index (κ3) is 5.31. The smallest absolute Gasteiger partial charge is 0.387 e. The van der Waals surface area contributed by atoms with Gasteiger partial charge >= 0.3 is 6.61 Å². The number of carbonyl (C=O) groups is 1. The third-order valence-corrected chi connectivity index (χ3v) is 5.16. The van der Waals surface area contributed by atoms with Crippen LogP contribution in [-0.4, -0.2) is 22.3 Å². The van der Waals surface area contributed by atoms with Gasteiger partial charge in [0.1, 0.15) is 11.6 Å². The number of nitrogens with zero attached hydrogens (tertiary/aromatic N) is 2. The number of alkyl halides is 2. The lowest BCUT2D eigenvalue weighted by molar-refractivity contribution is -0.0501. The van der Waals surface area contributed by atoms with Crippen LogP contribution in [0.2, 0.25) is 5.02 Å². The molecule has 0 aliphatic carbocycles. The van der Waals surface area contributed by atoms with Gasteiger partial charge in [0.2, 0.25) is 0 Å². The van der Waals surface area contributed by atoms with Crippen molar-refractivity contribution < 1.29 is 22.7 Å². The summed E-state index contributed by atoms with van der Waals surface area (Å²) in [5, 5.41) is 6.93. The first kappa shape index (κ1) is 21.7. The molecule has 1 aromatic heterocycles. The fourth-order valence-electron chi connectivity index (χ4n) is 2.46. The first-order valence-corrected chi connectivity index (χ1v) is 9.92. The quantitative estimate of drug-likeness (QED) is 0.401. The van der Waals surface area contributed by atoms with Crippen molar-refractivity contribution in [3.63, 3.8) is 0 Å². The van der Waals surface area contributed by atoms with Crippen molar-refractivity contribution in [1.29, 1.82) is 0 Å². The second-order valence-electron chi connectivity index (χ2n) is 5.70. The summed E-state index contributed by atoms with van der Waals surface area (Å²) in [6.45, 7) is -3.06. The first-order valence-electron chi connectivity index (χ1n) is 7.96. The highest BCUT2D eigenvalue weighted by Crippen LogP contribution is 2.28. The number of nitrogens with one attached hydrogen (secondary N) is 1. The van der Waals surface area contributed by atoms with Crippen LogP contribution in [0.4, 0.5) is 19.0 Å². The summed E-state index contributed by atoms with van der Waals surface area (Å²) in [6.07, 6.45) is 1.52. The van der Waals surface area contributed by atoms with E-state index in [0.29, 0.717) is 8.95 Å². The van der Waals surface area contributed by atoms with Crippen molar-refractivity contribution in [2.45, 2.75) is 13.2 Å². The molecule has 3 rings (SSSR count). The zero-order valence-electron chi connectivity index (χ0n) is 14.3. The van der Waals surface area contributed by atoms with E-state index in [2.05, 4.69) is 47.0 Å². The Bertz CT molecular complexity index is 1040. The minimum Gasteiger partial charge on any atom is -0.434 e. The first-order chi connectivity index (χ1) is 13.7. The Morgan fingerprint density at radius 3 is 2.72 bits per heavy atom. The molecule has 0 radical (unpaired) electrons. The van der Waals surface area contributed by atoms with Crippen LogP contribution in [0, 0.1) is 5.82 Å². The van der Waals surface area contributed by atoms with Crippen LogP contribution in [0.1, 0.15) is 15.9 Å². The zero-order chi connectivity index (χ0) is 21.1. The summed E-state index contributed by atoms with van der Waals surface area (Å²) in [5.74, 6) is -1.37. The van der Waals surface area contributed by atoms with Gasteiger partial charge in [-0.2, -0.15) is 13.9 Å². The molecule has 29 heavy (non-hydrogen) atoms. The highest BCUT2D eigenvalue weighted by molar-refractivity contribution is 9.10. The minimum atomic E-state index is -3.08. The molecule has 11 heteroatoms. The standard InChI is InChI=1S/C18H11Br2ClF3N3O2/c19-9-4-5-15(29-18(23)24)10(6-9)17(28)25-16-12(20)8-27(26-16)7-11-13(21)2-1-3-14(11)22/h1-6,8,18H,7H2,(H,25,26,28). The van der Waals surface area contributed by atoms with E-state index >= 15 is 0 Å². The van der Waals surface area contributed by atoms with Gasteiger partial charge < -0.3 is 10.1 Å². The van der Waals surface area contributed by atoms with Crippen LogP contribution >= 0.6 is 43.5 Å². The number of aromatic nitrogens is 2. The summed E-state index contributed by atoms with van der Waals surface area (Å²) in [4.78, 5) is 12.6. The summed E-state index contributed by atoms with van der Waals surface area (Å²) in [6, 6.07) is 8.38. The highest BCUT2D eigenvalue weighted by Gasteiger charge is 2.19. The van der Waals surface area contributed by atoms with Gasteiger partial charge in [-0.25, -0.2) is 4.39 Å². The van der Waals surface area contributed by atoms with E-state index in [1.54, 1.807) is 6.07 Å². The van der Waals surface area contributed by atoms with Gasteiger partial charge in [-0.3, -0.25) is 9.48 Å². The van der Waals surface area contributed by atoms with Gasteiger partial charge in [-0.15, -0.1) is 0 Å². The normalized spacial score (nSPS) is 11.0. The third-order valence-electron chi connectivity index (χ3n) is 3.73. The van der Waals surface area contributed by atoms with Crippen LogP contribution < -0.4 is 10.1 Å². The van der Waals surface area contributed by atoms with E-state index in [0.717, 1.165) is 0 Å². The molecule has 5 nitrogen and oxygen atoms in total. The molecule has 0 saturated carbocycles. The molecule has 1 heterocycles. The molecular formula is C18H11Br2ClF3N3O2. The molecule has 3 aromatic rings. The Kier molecular flexibility index (Phi) is 6.86. The summed E-state index contributed by atoms with van der Waals surface area (Å²) in [5.41, 5.74) is 0.125. The maximum Gasteiger partial charge on any atom is 0.387 e. The molecule has 2 aromatic carbocycles. The Morgan fingerprint density at radius 2 is 2.03 bits per heavy atom. The molecule has 0 bridgehead atoms. The number of anilines is 1. The maximum atomic E-state index is 14.0. The Labute approximate surface area is 185 Å². The number of carbonyl (C=O) groups excluding carboxylic acids is 1. The molecule has 1 amide bonds. The molecule has 0 aliphatic rings. The van der Waals surface area contributed by atoms with E-state index in [9.17, 15) is 18.0 Å². The van der Waals surface area contributed by atoms with Gasteiger partial charge in [0.25, 0.3) is 5.91 Å². The molecule has 152 valence electrons. The average Bonchev–Trinajstić information content (AvgIpc) is 2.98. The van der Waals surface area contributed by atoms with Crippen molar-refractivity contribution in [3.8, 4) is 5.75 Å². The molecule has 0 fully saturated rings. The number of rotatable bonds is 6. The van der Waals surface area contributed by atoms with E-state index in [1.165, 1.54) is 41.2 Å². The molecular weight excluding hydrogens is 542 g/mol. The topological polar surface area (TPSA) is 56.2 Å². The minimum absolute atomic E-state index is 0.0244. The Balaban J connectivity index is 1.83. The Hall–Kier alpha value is -2.04. The number of hydrogen-bond acceptors (Lipinski definition) is 3. The molecule has 0 spiro atoms. The predicted octanol–water partition coefficient (Wildman–Crippen LogP) is 6.10. The van der Waals surface area contributed by atoms with Crippen LogP contribution in [0.3, 0.4) is 0 Å². The van der Waals surface area contributed by atoms with Crippen molar-refractivity contribution in [2.75, 3.05) is 5.32 Å². The zero-order valence-corrected chi connectivity index (χ0v) is 18.2. The molecule has 0 aliphatic heterocycles. The molecule has 0 atom stereocenters. The fraction of sp³-hybridized carbons (Fsp3) is 0.111. The van der Waals surface area contributed by atoms with Crippen LogP contribution in [0.25, 0.3) is 0 Å². The van der Waals surface area contributed by atoms with Gasteiger partial charge in [0, 0.05) is 21.3 Å². The summed E-state index contributed by atoms with van der Waals surface area (Å²) in [7, 11) is 0. The monoisotopic (exact) mass is 551 g/mol. The lowest BCUT2D eigenvalue weighted by atomic mass is 10.2. The predicted molar refractivity (Wildman–Crippen MR) is 109 cm³/mol. The van der Waals surface area contributed by atoms with E-state index < -0.39 is 18.3 Å². The molecule has 1 N–H and O–H groups in total. The van der Waals surface area contributed by atoms with Gasteiger partial charge in [-0.05, 0) is 46.3 Å². The van der Waals surface area contributed by atoms with Gasteiger partial charge in [0.05, 0.1) is 16.6 Å². The van der Waals surface area contributed by atoms with E-state index in [4.69, 9.17) is 11.6 Å². The highest BCUT2D eigenvalue weighted by atomic mass is 79.9. The van der Waals surface area contributed by atoms with Crippen molar-refractivity contribution >= 4 is 55.2 Å². The van der Waals surface area contributed by atoms with Crippen molar-refractivity contribution in [2.24, 2.45) is 0 Å². The molecule has 0 saturated heterocycles.